The second-order valence-corrected chi connectivity index (χ2v) is 3.54. The van der Waals surface area contributed by atoms with E-state index in [2.05, 4.69) is 31.7 Å². The van der Waals surface area contributed by atoms with E-state index in [4.69, 9.17) is 0 Å². The van der Waals surface area contributed by atoms with Gasteiger partial charge in [-0.15, -0.1) is 0 Å². The molecule has 0 aliphatic rings. The van der Waals surface area contributed by atoms with Crippen LogP contribution in [-0.4, -0.2) is 0 Å². The Kier molecular flexibility index (Phi) is 11.5. The maximum absolute atomic E-state index is 3.64. The van der Waals surface area contributed by atoms with Gasteiger partial charge in [0.1, 0.15) is 0 Å². The van der Waals surface area contributed by atoms with Gasteiger partial charge < -0.3 is 0 Å². The van der Waals surface area contributed by atoms with Gasteiger partial charge in [-0.2, -0.15) is 0 Å². The van der Waals surface area contributed by atoms with Crippen LogP contribution in [0.25, 0.3) is 0 Å². The molecular formula is C14H24. The Morgan fingerprint density at radius 1 is 0.857 bits per heavy atom. The first-order chi connectivity index (χ1) is 6.91. The second kappa shape index (κ2) is 12.2. The summed E-state index contributed by atoms with van der Waals surface area (Å²) < 4.78 is 0. The minimum Gasteiger partial charge on any atom is -0.0991 e. The average Bonchev–Trinajstić information content (AvgIpc) is 2.21. The van der Waals surface area contributed by atoms with E-state index < -0.39 is 0 Å². The fraction of sp³-hybridized carbons (Fsp3) is 0.571. The summed E-state index contributed by atoms with van der Waals surface area (Å²) in [5.74, 6) is 0. The van der Waals surface area contributed by atoms with E-state index in [0.29, 0.717) is 0 Å². The van der Waals surface area contributed by atoms with Gasteiger partial charge in [-0.1, -0.05) is 56.7 Å². The minimum absolute atomic E-state index is 1.17. The molecule has 0 N–H and O–H groups in total. The molecule has 0 aromatic rings. The zero-order valence-corrected chi connectivity index (χ0v) is 9.54. The van der Waals surface area contributed by atoms with E-state index in [1.54, 1.807) is 0 Å². The molecular weight excluding hydrogens is 168 g/mol. The molecule has 0 spiro atoms. The SMILES string of the molecule is C=CC=CCCCCCCC=CCC. The maximum atomic E-state index is 3.64. The quantitative estimate of drug-likeness (QED) is 0.273. The summed E-state index contributed by atoms with van der Waals surface area (Å²) in [6.45, 7) is 5.83. The first-order valence-corrected chi connectivity index (χ1v) is 5.84. The van der Waals surface area contributed by atoms with Gasteiger partial charge in [-0.25, -0.2) is 0 Å². The molecule has 0 heterocycles. The fourth-order valence-corrected chi connectivity index (χ4v) is 1.35. The maximum Gasteiger partial charge on any atom is -0.0348 e. The minimum atomic E-state index is 1.17. The van der Waals surface area contributed by atoms with E-state index in [1.807, 2.05) is 12.2 Å². The van der Waals surface area contributed by atoms with E-state index in [-0.39, 0.29) is 0 Å². The van der Waals surface area contributed by atoms with Crippen LogP contribution in [0.2, 0.25) is 0 Å². The van der Waals surface area contributed by atoms with Crippen molar-refractivity contribution < 1.29 is 0 Å². The highest BCUT2D eigenvalue weighted by molar-refractivity contribution is 4.96. The lowest BCUT2D eigenvalue weighted by Gasteiger charge is -1.96. The lowest BCUT2D eigenvalue weighted by molar-refractivity contribution is 0.652. The number of hydrogen-bond donors (Lipinski definition) is 0. The molecule has 0 heteroatoms. The zero-order chi connectivity index (χ0) is 10.5. The average molecular weight is 192 g/mol. The van der Waals surface area contributed by atoms with Gasteiger partial charge in [0.05, 0.1) is 0 Å². The van der Waals surface area contributed by atoms with Crippen LogP contribution in [0.4, 0.5) is 0 Å². The molecule has 0 saturated carbocycles. The predicted molar refractivity (Wildman–Crippen MR) is 66.5 cm³/mol. The fourth-order valence-electron chi connectivity index (χ4n) is 1.35. The summed E-state index contributed by atoms with van der Waals surface area (Å²) in [6.07, 6.45) is 19.7. The molecule has 0 unspecified atom stereocenters. The van der Waals surface area contributed by atoms with Gasteiger partial charge in [0.2, 0.25) is 0 Å². The van der Waals surface area contributed by atoms with Crippen LogP contribution in [0.15, 0.2) is 37.0 Å². The molecule has 0 saturated heterocycles. The van der Waals surface area contributed by atoms with Crippen molar-refractivity contribution in [2.24, 2.45) is 0 Å². The molecule has 0 rings (SSSR count). The van der Waals surface area contributed by atoms with Crippen LogP contribution in [-0.2, 0) is 0 Å². The third kappa shape index (κ3) is 11.2. The molecule has 14 heavy (non-hydrogen) atoms. The highest BCUT2D eigenvalue weighted by Gasteiger charge is 1.86. The van der Waals surface area contributed by atoms with Crippen LogP contribution in [0.1, 0.15) is 51.9 Å². The molecule has 0 radical (unpaired) electrons. The summed E-state index contributed by atoms with van der Waals surface area (Å²) >= 11 is 0. The summed E-state index contributed by atoms with van der Waals surface area (Å²) in [5.41, 5.74) is 0. The normalized spacial score (nSPS) is 11.5. The van der Waals surface area contributed by atoms with Crippen LogP contribution in [0, 0.1) is 0 Å². The molecule has 80 valence electrons. The van der Waals surface area contributed by atoms with Crippen LogP contribution in [0.5, 0.6) is 0 Å². The van der Waals surface area contributed by atoms with Crippen molar-refractivity contribution in [3.8, 4) is 0 Å². The highest BCUT2D eigenvalue weighted by Crippen LogP contribution is 2.06. The first-order valence-electron chi connectivity index (χ1n) is 5.84. The lowest BCUT2D eigenvalue weighted by atomic mass is 10.1. The Balaban J connectivity index is 3.02. The van der Waals surface area contributed by atoms with Crippen molar-refractivity contribution in [2.45, 2.75) is 51.9 Å². The molecule has 0 amide bonds. The van der Waals surface area contributed by atoms with Gasteiger partial charge in [0.25, 0.3) is 0 Å². The van der Waals surface area contributed by atoms with Crippen molar-refractivity contribution in [3.63, 3.8) is 0 Å². The number of rotatable bonds is 9. The van der Waals surface area contributed by atoms with Crippen molar-refractivity contribution in [1.29, 1.82) is 0 Å². The smallest absolute Gasteiger partial charge is 0.0348 e. The van der Waals surface area contributed by atoms with Crippen molar-refractivity contribution in [3.05, 3.63) is 37.0 Å². The Labute approximate surface area is 89.4 Å². The van der Waals surface area contributed by atoms with Crippen molar-refractivity contribution >= 4 is 0 Å². The third-order valence-corrected chi connectivity index (χ3v) is 2.17. The van der Waals surface area contributed by atoms with Gasteiger partial charge >= 0.3 is 0 Å². The molecule has 0 bridgehead atoms. The van der Waals surface area contributed by atoms with E-state index in [9.17, 15) is 0 Å². The Bertz CT molecular complexity index is 163. The van der Waals surface area contributed by atoms with E-state index >= 15 is 0 Å². The van der Waals surface area contributed by atoms with Gasteiger partial charge in [-0.05, 0) is 32.1 Å². The highest BCUT2D eigenvalue weighted by atomic mass is 13.9. The number of unbranched alkanes of at least 4 members (excludes halogenated alkanes) is 5. The third-order valence-electron chi connectivity index (χ3n) is 2.17. The van der Waals surface area contributed by atoms with Gasteiger partial charge in [0.15, 0.2) is 0 Å². The standard InChI is InChI=1S/C14H24/c1-3-5-7-9-11-13-14-12-10-8-6-4-2/h3,5-8H,1,4,9-14H2,2H3. The molecule has 0 atom stereocenters. The summed E-state index contributed by atoms with van der Waals surface area (Å²) in [4.78, 5) is 0. The van der Waals surface area contributed by atoms with Crippen LogP contribution < -0.4 is 0 Å². The Morgan fingerprint density at radius 3 is 2.07 bits per heavy atom. The van der Waals surface area contributed by atoms with E-state index in [0.717, 1.165) is 0 Å². The van der Waals surface area contributed by atoms with E-state index in [1.165, 1.54) is 44.9 Å². The largest absolute Gasteiger partial charge is 0.0991 e. The molecule has 0 aromatic heterocycles. The zero-order valence-electron chi connectivity index (χ0n) is 9.54. The molecule has 0 aliphatic heterocycles. The summed E-state index contributed by atoms with van der Waals surface area (Å²) in [6, 6.07) is 0. The van der Waals surface area contributed by atoms with Gasteiger partial charge in [0, 0.05) is 0 Å². The lowest BCUT2D eigenvalue weighted by Crippen LogP contribution is -1.76. The van der Waals surface area contributed by atoms with Crippen LogP contribution in [0.3, 0.4) is 0 Å². The Hall–Kier alpha value is -0.780. The Morgan fingerprint density at radius 2 is 1.50 bits per heavy atom. The molecule has 0 fully saturated rings. The van der Waals surface area contributed by atoms with Crippen LogP contribution >= 0.6 is 0 Å². The molecule has 0 aliphatic carbocycles. The molecule has 0 nitrogen and oxygen atoms in total. The van der Waals surface area contributed by atoms with Crippen molar-refractivity contribution in [2.75, 3.05) is 0 Å². The first kappa shape index (κ1) is 13.2. The molecule has 0 aromatic carbocycles. The topological polar surface area (TPSA) is 0 Å². The predicted octanol–water partition coefficient (Wildman–Crippen LogP) is 5.04. The van der Waals surface area contributed by atoms with Crippen molar-refractivity contribution in [1.82, 2.24) is 0 Å². The number of hydrogen-bond acceptors (Lipinski definition) is 0. The second-order valence-electron chi connectivity index (χ2n) is 3.54. The summed E-state index contributed by atoms with van der Waals surface area (Å²) in [5, 5.41) is 0. The van der Waals surface area contributed by atoms with Gasteiger partial charge in [-0.3, -0.25) is 0 Å². The monoisotopic (exact) mass is 192 g/mol. The number of allylic oxidation sites excluding steroid dienone is 5. The summed E-state index contributed by atoms with van der Waals surface area (Å²) in [7, 11) is 0.